The lowest BCUT2D eigenvalue weighted by Crippen LogP contribution is -2.54. The molecule has 6 nitrogen and oxygen atoms in total. The maximum Gasteiger partial charge on any atom is 0.245 e. The van der Waals surface area contributed by atoms with Gasteiger partial charge >= 0.3 is 0 Å². The SMILES string of the molecule is CC(C)C[C@@H](N)C(=O)N1CCCC1C(=O)N1CCOCC1. The molecule has 2 N–H and O–H groups in total. The summed E-state index contributed by atoms with van der Waals surface area (Å²) in [7, 11) is 0. The summed E-state index contributed by atoms with van der Waals surface area (Å²) in [6, 6.07) is -0.822. The molecular formula is C15H27N3O3. The average Bonchev–Trinajstić information content (AvgIpc) is 2.95. The zero-order valence-corrected chi connectivity index (χ0v) is 13.1. The summed E-state index contributed by atoms with van der Waals surface area (Å²) in [6.45, 7) is 7.15. The van der Waals surface area contributed by atoms with Crippen molar-refractivity contribution >= 4 is 11.8 Å². The van der Waals surface area contributed by atoms with Crippen LogP contribution in [0.5, 0.6) is 0 Å². The lowest BCUT2D eigenvalue weighted by Gasteiger charge is -2.33. The van der Waals surface area contributed by atoms with E-state index in [0.717, 1.165) is 12.8 Å². The molecule has 2 atom stereocenters. The van der Waals surface area contributed by atoms with Gasteiger partial charge in [0, 0.05) is 19.6 Å². The first-order chi connectivity index (χ1) is 10.0. The van der Waals surface area contributed by atoms with Gasteiger partial charge in [-0.05, 0) is 25.2 Å². The maximum absolute atomic E-state index is 12.6. The smallest absolute Gasteiger partial charge is 0.245 e. The van der Waals surface area contributed by atoms with E-state index in [9.17, 15) is 9.59 Å². The highest BCUT2D eigenvalue weighted by molar-refractivity contribution is 5.90. The van der Waals surface area contributed by atoms with E-state index in [2.05, 4.69) is 0 Å². The van der Waals surface area contributed by atoms with Crippen molar-refractivity contribution in [1.29, 1.82) is 0 Å². The van der Waals surface area contributed by atoms with Gasteiger partial charge in [-0.2, -0.15) is 0 Å². The molecule has 2 aliphatic heterocycles. The minimum Gasteiger partial charge on any atom is -0.378 e. The first-order valence-electron chi connectivity index (χ1n) is 7.93. The Morgan fingerprint density at radius 2 is 1.90 bits per heavy atom. The van der Waals surface area contributed by atoms with Crippen LogP contribution in [0, 0.1) is 5.92 Å². The number of ether oxygens (including phenoxy) is 1. The fraction of sp³-hybridized carbons (Fsp3) is 0.867. The van der Waals surface area contributed by atoms with Gasteiger partial charge in [0.05, 0.1) is 19.3 Å². The monoisotopic (exact) mass is 297 g/mol. The van der Waals surface area contributed by atoms with E-state index in [4.69, 9.17) is 10.5 Å². The van der Waals surface area contributed by atoms with Crippen LogP contribution in [0.2, 0.25) is 0 Å². The zero-order chi connectivity index (χ0) is 15.4. The number of nitrogens with zero attached hydrogens (tertiary/aromatic N) is 2. The molecule has 0 aromatic heterocycles. The second kappa shape index (κ2) is 7.22. The molecule has 2 heterocycles. The molecule has 2 rings (SSSR count). The molecule has 2 aliphatic rings. The van der Waals surface area contributed by atoms with E-state index in [1.807, 2.05) is 18.7 Å². The fourth-order valence-corrected chi connectivity index (χ4v) is 3.10. The first-order valence-corrected chi connectivity index (χ1v) is 7.93. The standard InChI is InChI=1S/C15H27N3O3/c1-11(2)10-12(16)14(19)18-5-3-4-13(18)15(20)17-6-8-21-9-7-17/h11-13H,3-10,16H2,1-2H3/t12-,13?/m1/s1. The van der Waals surface area contributed by atoms with Gasteiger partial charge < -0.3 is 20.3 Å². The van der Waals surface area contributed by atoms with Gasteiger partial charge in [-0.25, -0.2) is 0 Å². The quantitative estimate of drug-likeness (QED) is 0.805. The number of likely N-dealkylation sites (tertiary alicyclic amines) is 1. The van der Waals surface area contributed by atoms with Crippen LogP contribution in [0.4, 0.5) is 0 Å². The van der Waals surface area contributed by atoms with E-state index in [1.54, 1.807) is 4.90 Å². The van der Waals surface area contributed by atoms with Gasteiger partial charge in [0.25, 0.3) is 0 Å². The van der Waals surface area contributed by atoms with Crippen molar-refractivity contribution in [2.45, 2.75) is 45.2 Å². The highest BCUT2D eigenvalue weighted by Crippen LogP contribution is 2.21. The minimum atomic E-state index is -0.497. The van der Waals surface area contributed by atoms with Crippen LogP contribution in [0.15, 0.2) is 0 Å². The molecule has 120 valence electrons. The van der Waals surface area contributed by atoms with Gasteiger partial charge in [-0.15, -0.1) is 0 Å². The van der Waals surface area contributed by atoms with Crippen LogP contribution in [0.1, 0.15) is 33.1 Å². The van der Waals surface area contributed by atoms with Crippen molar-refractivity contribution in [2.24, 2.45) is 11.7 Å². The second-order valence-electron chi connectivity index (χ2n) is 6.36. The average molecular weight is 297 g/mol. The molecule has 2 amide bonds. The largest absolute Gasteiger partial charge is 0.378 e. The normalized spacial score (nSPS) is 24.5. The van der Waals surface area contributed by atoms with Crippen molar-refractivity contribution in [2.75, 3.05) is 32.8 Å². The number of amides is 2. The molecule has 6 heteroatoms. The summed E-state index contributed by atoms with van der Waals surface area (Å²) < 4.78 is 5.27. The molecule has 0 aromatic carbocycles. The maximum atomic E-state index is 12.6. The zero-order valence-electron chi connectivity index (χ0n) is 13.1. The number of carbonyl (C=O) groups is 2. The topological polar surface area (TPSA) is 75.9 Å². The van der Waals surface area contributed by atoms with Gasteiger partial charge in [0.2, 0.25) is 11.8 Å². The van der Waals surface area contributed by atoms with Gasteiger partial charge in [-0.1, -0.05) is 13.8 Å². The summed E-state index contributed by atoms with van der Waals surface area (Å²) in [5, 5.41) is 0. The third-order valence-electron chi connectivity index (χ3n) is 4.19. The van der Waals surface area contributed by atoms with Crippen molar-refractivity contribution in [1.82, 2.24) is 9.80 Å². The van der Waals surface area contributed by atoms with Crippen molar-refractivity contribution in [3.63, 3.8) is 0 Å². The molecule has 1 unspecified atom stereocenters. The first kappa shape index (κ1) is 16.2. The Hall–Kier alpha value is -1.14. The van der Waals surface area contributed by atoms with Crippen LogP contribution in [0.25, 0.3) is 0 Å². The molecule has 21 heavy (non-hydrogen) atoms. The molecule has 0 spiro atoms. The van der Waals surface area contributed by atoms with Crippen LogP contribution < -0.4 is 5.73 Å². The van der Waals surface area contributed by atoms with Gasteiger partial charge in [0.15, 0.2) is 0 Å². The Balaban J connectivity index is 1.98. The Morgan fingerprint density at radius 3 is 2.52 bits per heavy atom. The molecule has 0 radical (unpaired) electrons. The minimum absolute atomic E-state index is 0.0564. The van der Waals surface area contributed by atoms with E-state index in [0.29, 0.717) is 45.2 Å². The predicted octanol–water partition coefficient (Wildman–Crippen LogP) is 0.210. The molecule has 2 fully saturated rings. The van der Waals surface area contributed by atoms with Gasteiger partial charge in [-0.3, -0.25) is 9.59 Å². The molecule has 0 aliphatic carbocycles. The highest BCUT2D eigenvalue weighted by Gasteiger charge is 2.38. The molecule has 0 bridgehead atoms. The van der Waals surface area contributed by atoms with Gasteiger partial charge in [0.1, 0.15) is 6.04 Å². The highest BCUT2D eigenvalue weighted by atomic mass is 16.5. The third kappa shape index (κ3) is 3.95. The summed E-state index contributed by atoms with van der Waals surface area (Å²) in [6.07, 6.45) is 2.28. The van der Waals surface area contributed by atoms with E-state index in [-0.39, 0.29) is 17.9 Å². The Morgan fingerprint density at radius 1 is 1.24 bits per heavy atom. The van der Waals surface area contributed by atoms with Crippen molar-refractivity contribution in [3.05, 3.63) is 0 Å². The Kier molecular flexibility index (Phi) is 5.58. The number of nitrogens with two attached hydrogens (primary N) is 1. The Labute approximate surface area is 126 Å². The lowest BCUT2D eigenvalue weighted by molar-refractivity contribution is -0.147. The summed E-state index contributed by atoms with van der Waals surface area (Å²) in [5.74, 6) is 0.355. The van der Waals surface area contributed by atoms with E-state index in [1.165, 1.54) is 0 Å². The van der Waals surface area contributed by atoms with Crippen molar-refractivity contribution < 1.29 is 14.3 Å². The molecular weight excluding hydrogens is 270 g/mol. The number of hydrogen-bond acceptors (Lipinski definition) is 4. The Bertz CT molecular complexity index is 380. The molecule has 0 aromatic rings. The summed E-state index contributed by atoms with van der Waals surface area (Å²) in [4.78, 5) is 28.6. The lowest BCUT2D eigenvalue weighted by atomic mass is 10.0. The fourth-order valence-electron chi connectivity index (χ4n) is 3.10. The second-order valence-corrected chi connectivity index (χ2v) is 6.36. The van der Waals surface area contributed by atoms with E-state index < -0.39 is 6.04 Å². The summed E-state index contributed by atoms with van der Waals surface area (Å²) in [5.41, 5.74) is 6.00. The van der Waals surface area contributed by atoms with Crippen LogP contribution in [-0.4, -0.2) is 66.5 Å². The number of carbonyl (C=O) groups excluding carboxylic acids is 2. The molecule has 0 saturated carbocycles. The number of morpholine rings is 1. The van der Waals surface area contributed by atoms with Crippen LogP contribution in [0.3, 0.4) is 0 Å². The van der Waals surface area contributed by atoms with Crippen LogP contribution >= 0.6 is 0 Å². The van der Waals surface area contributed by atoms with Crippen LogP contribution in [-0.2, 0) is 14.3 Å². The third-order valence-corrected chi connectivity index (χ3v) is 4.19. The summed E-state index contributed by atoms with van der Waals surface area (Å²) >= 11 is 0. The van der Waals surface area contributed by atoms with E-state index >= 15 is 0 Å². The van der Waals surface area contributed by atoms with Crippen molar-refractivity contribution in [3.8, 4) is 0 Å². The molecule has 2 saturated heterocycles. The number of rotatable bonds is 4. The number of hydrogen-bond donors (Lipinski definition) is 1. The predicted molar refractivity (Wildman–Crippen MR) is 79.6 cm³/mol.